The third-order valence-electron chi connectivity index (χ3n) is 8.05. The monoisotopic (exact) mass is 649 g/mol. The number of aliphatic carboxylic acids is 1. The fraction of sp³-hybridized carbons (Fsp3) is 0.162. The number of fused-ring (bicyclic) bond motifs is 1. The molecule has 1 heterocycles. The molecule has 6 rings (SSSR count). The summed E-state index contributed by atoms with van der Waals surface area (Å²) < 4.78 is 27.4. The molecule has 0 saturated heterocycles. The van der Waals surface area contributed by atoms with Crippen molar-refractivity contribution in [2.24, 2.45) is 0 Å². The lowest BCUT2D eigenvalue weighted by Crippen LogP contribution is -2.28. The van der Waals surface area contributed by atoms with Crippen LogP contribution in [0.25, 0.3) is 11.1 Å². The number of ether oxygens (including phenoxy) is 2. The fourth-order valence-corrected chi connectivity index (χ4v) is 6.01. The number of aromatic hydroxyl groups is 1. The van der Waals surface area contributed by atoms with E-state index in [1.807, 2.05) is 24.3 Å². The number of nitriles is 1. The molecule has 8 nitrogen and oxygen atoms in total. The van der Waals surface area contributed by atoms with Gasteiger partial charge in [0, 0.05) is 41.7 Å². The zero-order valence-corrected chi connectivity index (χ0v) is 25.7. The minimum Gasteiger partial charge on any atom is -0.508 e. The number of phenolic OH excluding ortho intramolecular Hbond substituents is 1. The van der Waals surface area contributed by atoms with E-state index in [1.54, 1.807) is 36.5 Å². The first-order chi connectivity index (χ1) is 22.8. The number of carbonyl (C=O) groups is 1. The summed E-state index contributed by atoms with van der Waals surface area (Å²) in [7, 11) is 0. The Morgan fingerprint density at radius 2 is 1.83 bits per heavy atom. The number of carboxylic acids is 1. The third kappa shape index (κ3) is 7.04. The van der Waals surface area contributed by atoms with Crippen molar-refractivity contribution in [2.45, 2.75) is 38.1 Å². The van der Waals surface area contributed by atoms with Gasteiger partial charge in [-0.15, -0.1) is 0 Å². The highest BCUT2D eigenvalue weighted by atomic mass is 35.5. The van der Waals surface area contributed by atoms with Crippen molar-refractivity contribution in [1.29, 1.82) is 5.26 Å². The number of rotatable bonds is 11. The highest BCUT2D eigenvalue weighted by Gasteiger charge is 2.28. The number of benzene rings is 4. The minimum atomic E-state index is -1.10. The van der Waals surface area contributed by atoms with Crippen LogP contribution in [0.4, 0.5) is 4.39 Å². The quantitative estimate of drug-likeness (QED) is 0.133. The van der Waals surface area contributed by atoms with E-state index in [4.69, 9.17) is 21.1 Å². The van der Waals surface area contributed by atoms with Gasteiger partial charge in [0.05, 0.1) is 10.6 Å². The third-order valence-corrected chi connectivity index (χ3v) is 8.35. The first-order valence-corrected chi connectivity index (χ1v) is 15.3. The van der Waals surface area contributed by atoms with Gasteiger partial charge >= 0.3 is 5.97 Å². The van der Waals surface area contributed by atoms with E-state index in [0.29, 0.717) is 57.2 Å². The summed E-state index contributed by atoms with van der Waals surface area (Å²) in [6.45, 7) is 0.150. The van der Waals surface area contributed by atoms with Crippen LogP contribution in [0.5, 0.6) is 17.2 Å². The highest BCUT2D eigenvalue weighted by Crippen LogP contribution is 2.43. The molecule has 0 bridgehead atoms. The Morgan fingerprint density at radius 1 is 1.04 bits per heavy atom. The van der Waals surface area contributed by atoms with Crippen LogP contribution in [0.2, 0.25) is 5.02 Å². The van der Waals surface area contributed by atoms with Gasteiger partial charge < -0.3 is 19.7 Å². The first-order valence-electron chi connectivity index (χ1n) is 14.9. The van der Waals surface area contributed by atoms with Crippen LogP contribution in [0.1, 0.15) is 51.9 Å². The largest absolute Gasteiger partial charge is 0.508 e. The molecule has 5 aromatic rings. The topological polar surface area (TPSA) is 125 Å². The maximum Gasteiger partial charge on any atom is 0.325 e. The molecule has 3 N–H and O–H groups in total. The van der Waals surface area contributed by atoms with Crippen LogP contribution >= 0.6 is 11.6 Å². The Bertz CT molecular complexity index is 1980. The maximum atomic E-state index is 14.7. The van der Waals surface area contributed by atoms with Gasteiger partial charge in [0.1, 0.15) is 47.9 Å². The Morgan fingerprint density at radius 3 is 2.60 bits per heavy atom. The van der Waals surface area contributed by atoms with Crippen molar-refractivity contribution in [2.75, 3.05) is 0 Å². The number of halogens is 2. The van der Waals surface area contributed by atoms with Crippen molar-refractivity contribution >= 4 is 17.6 Å². The molecule has 0 saturated carbocycles. The summed E-state index contributed by atoms with van der Waals surface area (Å²) in [5.41, 5.74) is 5.43. The summed E-state index contributed by atoms with van der Waals surface area (Å²) in [6.07, 6.45) is 4.08. The Hall–Kier alpha value is -5.43. The van der Waals surface area contributed by atoms with E-state index in [-0.39, 0.29) is 30.8 Å². The molecule has 47 heavy (non-hydrogen) atoms. The lowest BCUT2D eigenvalue weighted by Gasteiger charge is -2.21. The smallest absolute Gasteiger partial charge is 0.325 e. The van der Waals surface area contributed by atoms with Crippen LogP contribution in [0, 0.1) is 17.1 Å². The molecule has 0 spiro atoms. The van der Waals surface area contributed by atoms with Crippen molar-refractivity contribution in [1.82, 2.24) is 10.3 Å². The highest BCUT2D eigenvalue weighted by molar-refractivity contribution is 6.32. The van der Waals surface area contributed by atoms with Gasteiger partial charge in [-0.05, 0) is 65.4 Å². The van der Waals surface area contributed by atoms with Gasteiger partial charge in [-0.1, -0.05) is 60.1 Å². The normalized spacial score (nSPS) is 14.2. The van der Waals surface area contributed by atoms with Crippen LogP contribution in [0.15, 0.2) is 97.3 Å². The molecule has 0 aliphatic heterocycles. The summed E-state index contributed by atoms with van der Waals surface area (Å²) >= 11 is 6.78. The number of phenols is 1. The molecule has 0 unspecified atom stereocenters. The molecule has 2 atom stereocenters. The van der Waals surface area contributed by atoms with E-state index in [2.05, 4.69) is 16.4 Å². The Labute approximate surface area is 275 Å². The van der Waals surface area contributed by atoms with E-state index in [1.165, 1.54) is 36.5 Å². The summed E-state index contributed by atoms with van der Waals surface area (Å²) in [5, 5.41) is 32.2. The number of hydrogen-bond acceptors (Lipinski definition) is 7. The average Bonchev–Trinajstić information content (AvgIpc) is 3.49. The molecule has 0 fully saturated rings. The molecule has 1 aliphatic carbocycles. The van der Waals surface area contributed by atoms with E-state index in [0.717, 1.165) is 16.7 Å². The first kappa shape index (κ1) is 31.5. The molecule has 10 heteroatoms. The second-order valence-corrected chi connectivity index (χ2v) is 11.5. The summed E-state index contributed by atoms with van der Waals surface area (Å²) in [4.78, 5) is 16.3. The fourth-order valence-electron chi connectivity index (χ4n) is 5.78. The molecule has 0 amide bonds. The summed E-state index contributed by atoms with van der Waals surface area (Å²) in [6, 6.07) is 24.4. The molecule has 236 valence electrons. The molecular weight excluding hydrogens is 621 g/mol. The second kappa shape index (κ2) is 13.9. The van der Waals surface area contributed by atoms with Gasteiger partial charge in [0.2, 0.25) is 0 Å². The molecule has 0 radical (unpaired) electrons. The average molecular weight is 650 g/mol. The lowest BCUT2D eigenvalue weighted by atomic mass is 9.96. The summed E-state index contributed by atoms with van der Waals surface area (Å²) in [5.74, 6) is -0.591. The lowest BCUT2D eigenvalue weighted by molar-refractivity contribution is -0.139. The maximum absolute atomic E-state index is 14.7. The molecule has 1 aromatic heterocycles. The number of carboxylic acid groups (broad SMARTS) is 1. The van der Waals surface area contributed by atoms with Gasteiger partial charge in [-0.3, -0.25) is 15.1 Å². The SMILES string of the molecule is N#Cc1cncc(COc2cc(O[C@H]3CCc4c(-c5ccccc5F)cccc43)c(Cl)cc2CN[C@@H](C(=O)O)c2ccc(O)cc2)c1. The van der Waals surface area contributed by atoms with Crippen LogP contribution in [-0.4, -0.2) is 21.2 Å². The van der Waals surface area contributed by atoms with Crippen molar-refractivity contribution in [3.63, 3.8) is 0 Å². The van der Waals surface area contributed by atoms with Gasteiger partial charge in [0.15, 0.2) is 0 Å². The minimum absolute atomic E-state index is 0.0271. The van der Waals surface area contributed by atoms with Gasteiger partial charge in [-0.25, -0.2) is 4.39 Å². The van der Waals surface area contributed by atoms with E-state index >= 15 is 0 Å². The number of nitrogens with zero attached hydrogens (tertiary/aromatic N) is 2. The predicted molar refractivity (Wildman–Crippen MR) is 174 cm³/mol. The number of aromatic nitrogens is 1. The standard InChI is InChI=1S/C37H29ClFN3O5/c38-31-15-25(20-42-36(37(44)45)24-8-10-26(43)11-9-24)34(46-21-23-14-22(17-40)18-41-19-23)16-35(31)47-33-13-12-28-27(5-3-6-30(28)33)29-4-1-2-7-32(29)39/h1-11,14-16,18-19,33,36,42-43H,12-13,20-21H2,(H,44,45)/t33-,36+/m0/s1. The van der Waals surface area contributed by atoms with Crippen LogP contribution in [0.3, 0.4) is 0 Å². The van der Waals surface area contributed by atoms with Crippen molar-refractivity contribution < 1.29 is 28.9 Å². The second-order valence-electron chi connectivity index (χ2n) is 11.1. The zero-order chi connectivity index (χ0) is 32.9. The van der Waals surface area contributed by atoms with E-state index in [9.17, 15) is 24.7 Å². The molecule has 1 aliphatic rings. The molecule has 4 aromatic carbocycles. The molecular formula is C37H29ClFN3O5. The number of pyridine rings is 1. The zero-order valence-electron chi connectivity index (χ0n) is 25.0. The van der Waals surface area contributed by atoms with E-state index < -0.39 is 12.0 Å². The Balaban J connectivity index is 1.29. The van der Waals surface area contributed by atoms with Crippen LogP contribution in [-0.2, 0) is 24.4 Å². The number of nitrogens with one attached hydrogen (secondary N) is 1. The van der Waals surface area contributed by atoms with Gasteiger partial charge in [0.25, 0.3) is 0 Å². The Kier molecular flexibility index (Phi) is 9.34. The van der Waals surface area contributed by atoms with Crippen LogP contribution < -0.4 is 14.8 Å². The number of hydrogen-bond donors (Lipinski definition) is 3. The predicted octanol–water partition coefficient (Wildman–Crippen LogP) is 7.68. The van der Waals surface area contributed by atoms with Crippen molar-refractivity contribution in [3.05, 3.63) is 142 Å². The van der Waals surface area contributed by atoms with Gasteiger partial charge in [-0.2, -0.15) is 5.26 Å². The van der Waals surface area contributed by atoms with Crippen molar-refractivity contribution in [3.8, 4) is 34.4 Å².